The van der Waals surface area contributed by atoms with Crippen LogP contribution in [0.4, 0.5) is 0 Å². The van der Waals surface area contributed by atoms with E-state index in [1.807, 2.05) is 36.4 Å². The summed E-state index contributed by atoms with van der Waals surface area (Å²) in [6.45, 7) is 0. The number of hydrogen-bond donors (Lipinski definition) is 2. The highest BCUT2D eigenvalue weighted by molar-refractivity contribution is 7.98. The summed E-state index contributed by atoms with van der Waals surface area (Å²) in [6, 6.07) is 13.4. The van der Waals surface area contributed by atoms with Gasteiger partial charge in [-0.1, -0.05) is 12.1 Å². The first kappa shape index (κ1) is 15.3. The van der Waals surface area contributed by atoms with E-state index in [9.17, 15) is 0 Å². The van der Waals surface area contributed by atoms with E-state index in [0.29, 0.717) is 11.3 Å². The van der Waals surface area contributed by atoms with Crippen molar-refractivity contribution in [2.75, 3.05) is 14.2 Å². The molecule has 0 saturated heterocycles. The summed E-state index contributed by atoms with van der Waals surface area (Å²) < 4.78 is 10.7. The van der Waals surface area contributed by atoms with Crippen LogP contribution in [0.1, 0.15) is 11.1 Å². The van der Waals surface area contributed by atoms with Crippen molar-refractivity contribution in [3.05, 3.63) is 53.6 Å². The Labute approximate surface area is 128 Å². The predicted octanol–water partition coefficient (Wildman–Crippen LogP) is 3.28. The van der Waals surface area contributed by atoms with E-state index >= 15 is 0 Å². The van der Waals surface area contributed by atoms with Crippen molar-refractivity contribution >= 4 is 17.6 Å². The lowest BCUT2D eigenvalue weighted by molar-refractivity contribution is 0.404. The van der Waals surface area contributed by atoms with Crippen LogP contribution in [-0.4, -0.2) is 20.1 Å². The van der Waals surface area contributed by atoms with Crippen LogP contribution in [0.5, 0.6) is 11.5 Å². The molecule has 0 heterocycles. The molecule has 0 aliphatic rings. The molecular weight excluding hydrogens is 284 g/mol. The minimum absolute atomic E-state index is 0.0567. The fourth-order valence-corrected chi connectivity index (χ4v) is 2.96. The van der Waals surface area contributed by atoms with Crippen molar-refractivity contribution in [3.63, 3.8) is 0 Å². The van der Waals surface area contributed by atoms with Gasteiger partial charge in [0.25, 0.3) is 0 Å². The van der Waals surface area contributed by atoms with E-state index < -0.39 is 0 Å². The molecule has 3 N–H and O–H groups in total. The molecule has 0 radical (unpaired) electrons. The Morgan fingerprint density at radius 2 is 1.81 bits per heavy atom. The van der Waals surface area contributed by atoms with Crippen molar-refractivity contribution in [1.82, 2.24) is 0 Å². The zero-order chi connectivity index (χ0) is 15.2. The maximum Gasteiger partial charge on any atom is 0.132 e. The van der Waals surface area contributed by atoms with Gasteiger partial charge in [0.05, 0.1) is 14.2 Å². The van der Waals surface area contributed by atoms with E-state index in [0.717, 1.165) is 22.0 Å². The van der Waals surface area contributed by atoms with Crippen LogP contribution in [0.2, 0.25) is 0 Å². The number of amidine groups is 1. The number of para-hydroxylation sites is 1. The van der Waals surface area contributed by atoms with Gasteiger partial charge in [-0.3, -0.25) is 5.41 Å². The summed E-state index contributed by atoms with van der Waals surface area (Å²) in [5.41, 5.74) is 7.24. The second kappa shape index (κ2) is 7.04. The van der Waals surface area contributed by atoms with Crippen LogP contribution < -0.4 is 15.2 Å². The van der Waals surface area contributed by atoms with E-state index in [1.54, 1.807) is 32.0 Å². The van der Waals surface area contributed by atoms with Gasteiger partial charge < -0.3 is 15.2 Å². The normalized spacial score (nSPS) is 10.2. The predicted molar refractivity (Wildman–Crippen MR) is 86.6 cm³/mol. The van der Waals surface area contributed by atoms with Gasteiger partial charge in [0.15, 0.2) is 0 Å². The SMILES string of the molecule is COc1ccc(C(=N)N)cc1CSc1ccccc1OC. The molecule has 2 rings (SSSR count). The molecule has 0 aliphatic carbocycles. The molecule has 2 aromatic carbocycles. The van der Waals surface area contributed by atoms with Gasteiger partial charge in [-0.05, 0) is 30.3 Å². The van der Waals surface area contributed by atoms with Crippen molar-refractivity contribution in [2.24, 2.45) is 5.73 Å². The largest absolute Gasteiger partial charge is 0.496 e. The zero-order valence-electron chi connectivity index (χ0n) is 12.1. The summed E-state index contributed by atoms with van der Waals surface area (Å²) in [6.07, 6.45) is 0. The summed E-state index contributed by atoms with van der Waals surface area (Å²) in [5.74, 6) is 2.41. The lowest BCUT2D eigenvalue weighted by Crippen LogP contribution is -2.11. The molecule has 0 fully saturated rings. The van der Waals surface area contributed by atoms with Gasteiger partial charge in [0.2, 0.25) is 0 Å². The molecule has 2 aromatic rings. The molecule has 0 saturated carbocycles. The van der Waals surface area contributed by atoms with Crippen molar-refractivity contribution in [3.8, 4) is 11.5 Å². The Bertz CT molecular complexity index is 644. The molecule has 0 amide bonds. The van der Waals surface area contributed by atoms with E-state index in [-0.39, 0.29) is 5.84 Å². The van der Waals surface area contributed by atoms with E-state index in [4.69, 9.17) is 20.6 Å². The number of rotatable bonds is 6. The molecule has 5 heteroatoms. The van der Waals surface area contributed by atoms with Gasteiger partial charge in [-0.25, -0.2) is 0 Å². The van der Waals surface area contributed by atoms with Crippen molar-refractivity contribution in [2.45, 2.75) is 10.6 Å². The summed E-state index contributed by atoms with van der Waals surface area (Å²) in [7, 11) is 3.30. The van der Waals surface area contributed by atoms with Gasteiger partial charge in [-0.15, -0.1) is 11.8 Å². The smallest absolute Gasteiger partial charge is 0.132 e. The van der Waals surface area contributed by atoms with Crippen LogP contribution >= 0.6 is 11.8 Å². The Morgan fingerprint density at radius 3 is 2.48 bits per heavy atom. The molecule has 0 aromatic heterocycles. The molecular formula is C16H18N2O2S. The molecule has 0 aliphatic heterocycles. The molecule has 0 spiro atoms. The summed E-state index contributed by atoms with van der Waals surface area (Å²) in [4.78, 5) is 1.07. The minimum atomic E-state index is 0.0567. The number of benzene rings is 2. The summed E-state index contributed by atoms with van der Waals surface area (Å²) in [5, 5.41) is 7.53. The number of ether oxygens (including phenoxy) is 2. The van der Waals surface area contributed by atoms with Crippen molar-refractivity contribution < 1.29 is 9.47 Å². The quantitative estimate of drug-likeness (QED) is 0.488. The number of thioether (sulfide) groups is 1. The van der Waals surface area contributed by atoms with Crippen LogP contribution in [0.25, 0.3) is 0 Å². The first-order valence-corrected chi connectivity index (χ1v) is 7.41. The first-order valence-electron chi connectivity index (χ1n) is 6.43. The van der Waals surface area contributed by atoms with Gasteiger partial charge in [0, 0.05) is 21.8 Å². The Balaban J connectivity index is 2.22. The molecule has 4 nitrogen and oxygen atoms in total. The van der Waals surface area contributed by atoms with Gasteiger partial charge in [-0.2, -0.15) is 0 Å². The standard InChI is InChI=1S/C16H18N2O2S/c1-19-13-8-7-11(16(17)18)9-12(13)10-21-15-6-4-3-5-14(15)20-2/h3-9H,10H2,1-2H3,(H3,17,18). The molecule has 0 unspecified atom stereocenters. The Kier molecular flexibility index (Phi) is 5.11. The van der Waals surface area contributed by atoms with E-state index in [2.05, 4.69) is 0 Å². The average Bonchev–Trinajstić information content (AvgIpc) is 2.52. The third kappa shape index (κ3) is 3.70. The first-order chi connectivity index (χ1) is 10.2. The van der Waals surface area contributed by atoms with Crippen LogP contribution in [0.3, 0.4) is 0 Å². The number of nitrogens with one attached hydrogen (secondary N) is 1. The van der Waals surface area contributed by atoms with Gasteiger partial charge >= 0.3 is 0 Å². The van der Waals surface area contributed by atoms with Crippen LogP contribution in [0, 0.1) is 5.41 Å². The Morgan fingerprint density at radius 1 is 1.10 bits per heavy atom. The topological polar surface area (TPSA) is 68.3 Å². The number of hydrogen-bond acceptors (Lipinski definition) is 4. The molecule has 110 valence electrons. The maximum atomic E-state index is 7.53. The van der Waals surface area contributed by atoms with Crippen LogP contribution in [-0.2, 0) is 5.75 Å². The summed E-state index contributed by atoms with van der Waals surface area (Å²) >= 11 is 1.66. The minimum Gasteiger partial charge on any atom is -0.496 e. The zero-order valence-corrected chi connectivity index (χ0v) is 12.9. The number of methoxy groups -OCH3 is 2. The third-order valence-corrected chi connectivity index (χ3v) is 4.15. The highest BCUT2D eigenvalue weighted by Crippen LogP contribution is 2.33. The fraction of sp³-hybridized carbons (Fsp3) is 0.188. The molecule has 0 atom stereocenters. The monoisotopic (exact) mass is 302 g/mol. The molecule has 0 bridgehead atoms. The van der Waals surface area contributed by atoms with E-state index in [1.165, 1.54) is 0 Å². The van der Waals surface area contributed by atoms with Crippen molar-refractivity contribution in [1.29, 1.82) is 5.41 Å². The maximum absolute atomic E-state index is 7.53. The highest BCUT2D eigenvalue weighted by Gasteiger charge is 2.09. The van der Waals surface area contributed by atoms with Crippen LogP contribution in [0.15, 0.2) is 47.4 Å². The second-order valence-electron chi connectivity index (χ2n) is 4.38. The second-order valence-corrected chi connectivity index (χ2v) is 5.40. The van der Waals surface area contributed by atoms with Gasteiger partial charge in [0.1, 0.15) is 17.3 Å². The molecule has 21 heavy (non-hydrogen) atoms. The fourth-order valence-electron chi connectivity index (χ4n) is 1.95. The number of nitrogen functional groups attached to an aromatic ring is 1. The Hall–Kier alpha value is -2.14. The number of nitrogens with two attached hydrogens (primary N) is 1. The lowest BCUT2D eigenvalue weighted by atomic mass is 10.1. The average molecular weight is 302 g/mol. The third-order valence-electron chi connectivity index (χ3n) is 3.04. The lowest BCUT2D eigenvalue weighted by Gasteiger charge is -2.11. The highest BCUT2D eigenvalue weighted by atomic mass is 32.2.